The Morgan fingerprint density at radius 2 is 1.92 bits per heavy atom. The van der Waals surface area contributed by atoms with E-state index in [0.29, 0.717) is 11.5 Å². The number of thiophene rings is 1. The van der Waals surface area contributed by atoms with Crippen LogP contribution in [0.2, 0.25) is 5.02 Å². The van der Waals surface area contributed by atoms with Gasteiger partial charge in [0.25, 0.3) is 0 Å². The number of aromatic nitrogens is 2. The minimum Gasteiger partial charge on any atom is -0.478 e. The molecule has 26 heavy (non-hydrogen) atoms. The molecule has 4 aromatic rings. The molecule has 0 aliphatic carbocycles. The summed E-state index contributed by atoms with van der Waals surface area (Å²) in [5.41, 5.74) is 2.73. The van der Waals surface area contributed by atoms with E-state index in [1.807, 2.05) is 35.7 Å². The Kier molecular flexibility index (Phi) is 4.28. The van der Waals surface area contributed by atoms with Crippen LogP contribution in [0.5, 0.6) is 0 Å². The molecule has 2 aromatic heterocycles. The Bertz CT molecular complexity index is 1110. The smallest absolute Gasteiger partial charge is 0.337 e. The van der Waals surface area contributed by atoms with Gasteiger partial charge in [0.05, 0.1) is 16.0 Å². The van der Waals surface area contributed by atoms with E-state index < -0.39 is 5.97 Å². The van der Waals surface area contributed by atoms with Crippen LogP contribution in [-0.2, 0) is 0 Å². The van der Waals surface area contributed by atoms with Crippen molar-refractivity contribution in [1.82, 2.24) is 9.97 Å². The van der Waals surface area contributed by atoms with Gasteiger partial charge in [0.15, 0.2) is 0 Å². The number of carboxylic acids is 1. The molecule has 0 aliphatic heterocycles. The first kappa shape index (κ1) is 16.5. The van der Waals surface area contributed by atoms with Crippen LogP contribution in [0.4, 0.5) is 11.5 Å². The Hall–Kier alpha value is -2.96. The molecule has 2 aromatic carbocycles. The summed E-state index contributed by atoms with van der Waals surface area (Å²) in [7, 11) is 0. The average molecular weight is 382 g/mol. The van der Waals surface area contributed by atoms with Gasteiger partial charge < -0.3 is 10.4 Å². The highest BCUT2D eigenvalue weighted by Crippen LogP contribution is 2.37. The van der Waals surface area contributed by atoms with Crippen molar-refractivity contribution in [2.45, 2.75) is 0 Å². The second-order valence-corrected chi connectivity index (χ2v) is 6.81. The maximum Gasteiger partial charge on any atom is 0.337 e. The first-order valence-corrected chi connectivity index (χ1v) is 8.97. The van der Waals surface area contributed by atoms with Crippen LogP contribution < -0.4 is 5.32 Å². The first-order valence-electron chi connectivity index (χ1n) is 7.71. The molecule has 0 aliphatic rings. The molecular weight excluding hydrogens is 370 g/mol. The molecular formula is C19H12ClN3O2S. The highest BCUT2D eigenvalue weighted by atomic mass is 35.5. The summed E-state index contributed by atoms with van der Waals surface area (Å²) in [6.45, 7) is 0. The molecule has 0 saturated heterocycles. The third-order valence-corrected chi connectivity index (χ3v) is 5.13. The molecule has 2 N–H and O–H groups in total. The maximum atomic E-state index is 11.3. The fraction of sp³-hybridized carbons (Fsp3) is 0. The zero-order valence-electron chi connectivity index (χ0n) is 13.3. The summed E-state index contributed by atoms with van der Waals surface area (Å²) in [5.74, 6) is -0.458. The number of nitrogens with one attached hydrogen (secondary N) is 1. The van der Waals surface area contributed by atoms with Crippen LogP contribution in [0.3, 0.4) is 0 Å². The number of halogens is 1. The second-order valence-electron chi connectivity index (χ2n) is 5.54. The molecule has 7 heteroatoms. The predicted octanol–water partition coefficient (Wildman–Crippen LogP) is 5.45. The number of aromatic carboxylic acids is 1. The van der Waals surface area contributed by atoms with Gasteiger partial charge in [-0.3, -0.25) is 0 Å². The Labute approximate surface area is 157 Å². The number of hydrogen-bond acceptors (Lipinski definition) is 5. The van der Waals surface area contributed by atoms with E-state index >= 15 is 0 Å². The van der Waals surface area contributed by atoms with Crippen molar-refractivity contribution in [2.24, 2.45) is 0 Å². The summed E-state index contributed by atoms with van der Waals surface area (Å²) in [6, 6.07) is 14.8. The maximum absolute atomic E-state index is 11.3. The number of anilines is 2. The normalized spacial score (nSPS) is 10.8. The van der Waals surface area contributed by atoms with E-state index in [-0.39, 0.29) is 10.6 Å². The van der Waals surface area contributed by atoms with Crippen molar-refractivity contribution in [3.8, 4) is 11.1 Å². The van der Waals surface area contributed by atoms with Crippen molar-refractivity contribution < 1.29 is 9.90 Å². The molecule has 0 bridgehead atoms. The number of carbonyl (C=O) groups is 1. The van der Waals surface area contributed by atoms with Gasteiger partial charge in [0, 0.05) is 16.6 Å². The van der Waals surface area contributed by atoms with Gasteiger partial charge in [0.2, 0.25) is 0 Å². The third-order valence-electron chi connectivity index (χ3n) is 3.91. The fourth-order valence-corrected chi connectivity index (χ4v) is 3.82. The molecule has 0 atom stereocenters. The number of rotatable bonds is 4. The lowest BCUT2D eigenvalue weighted by Crippen LogP contribution is -2.00. The third kappa shape index (κ3) is 3.00. The standard InChI is InChI=1S/C19H12ClN3O2S/c20-15-7-6-12(8-13(15)19(24)25)23-17-16-14(11-4-2-1-3-5-11)9-26-18(16)22-10-21-17/h1-10H,(H,24,25)(H,21,22,23). The fourth-order valence-electron chi connectivity index (χ4n) is 2.70. The number of nitrogens with zero attached hydrogens (tertiary/aromatic N) is 2. The van der Waals surface area contributed by atoms with E-state index in [2.05, 4.69) is 15.3 Å². The molecule has 128 valence electrons. The van der Waals surface area contributed by atoms with Gasteiger partial charge >= 0.3 is 5.97 Å². The molecule has 4 rings (SSSR count). The van der Waals surface area contributed by atoms with E-state index in [1.54, 1.807) is 12.1 Å². The van der Waals surface area contributed by atoms with Gasteiger partial charge in [-0.15, -0.1) is 11.3 Å². The summed E-state index contributed by atoms with van der Waals surface area (Å²) >= 11 is 7.48. The lowest BCUT2D eigenvalue weighted by Gasteiger charge is -2.10. The SMILES string of the molecule is O=C(O)c1cc(Nc2ncnc3scc(-c4ccccc4)c23)ccc1Cl. The Morgan fingerprint density at radius 1 is 1.12 bits per heavy atom. The van der Waals surface area contributed by atoms with Crippen molar-refractivity contribution in [2.75, 3.05) is 5.32 Å². The number of fused-ring (bicyclic) bond motifs is 1. The number of carboxylic acid groups (broad SMARTS) is 1. The predicted molar refractivity (Wildman–Crippen MR) is 105 cm³/mol. The van der Waals surface area contributed by atoms with Crippen LogP contribution in [0.1, 0.15) is 10.4 Å². The van der Waals surface area contributed by atoms with E-state index in [1.165, 1.54) is 23.7 Å². The van der Waals surface area contributed by atoms with Gasteiger partial charge in [-0.2, -0.15) is 0 Å². The molecule has 0 fully saturated rings. The Balaban J connectivity index is 1.82. The van der Waals surface area contributed by atoms with Crippen LogP contribution in [0.25, 0.3) is 21.3 Å². The minimum atomic E-state index is -1.08. The highest BCUT2D eigenvalue weighted by molar-refractivity contribution is 7.17. The number of benzene rings is 2. The summed E-state index contributed by atoms with van der Waals surface area (Å²) in [4.78, 5) is 20.9. The van der Waals surface area contributed by atoms with Gasteiger partial charge in [0.1, 0.15) is 17.0 Å². The molecule has 0 spiro atoms. The summed E-state index contributed by atoms with van der Waals surface area (Å²) < 4.78 is 0. The van der Waals surface area contributed by atoms with Crippen LogP contribution in [0, 0.1) is 0 Å². The largest absolute Gasteiger partial charge is 0.478 e. The monoisotopic (exact) mass is 381 g/mol. The van der Waals surface area contributed by atoms with Gasteiger partial charge in [-0.1, -0.05) is 41.9 Å². The quantitative estimate of drug-likeness (QED) is 0.491. The van der Waals surface area contributed by atoms with Crippen LogP contribution >= 0.6 is 22.9 Å². The lowest BCUT2D eigenvalue weighted by atomic mass is 10.1. The number of hydrogen-bond donors (Lipinski definition) is 2. The van der Waals surface area contributed by atoms with Crippen LogP contribution in [-0.4, -0.2) is 21.0 Å². The van der Waals surface area contributed by atoms with E-state index in [9.17, 15) is 9.90 Å². The van der Waals surface area contributed by atoms with Crippen molar-refractivity contribution in [3.05, 3.63) is 70.8 Å². The van der Waals surface area contributed by atoms with E-state index in [4.69, 9.17) is 11.6 Å². The summed E-state index contributed by atoms with van der Waals surface area (Å²) in [6.07, 6.45) is 1.49. The molecule has 0 saturated carbocycles. The Morgan fingerprint density at radius 3 is 2.69 bits per heavy atom. The van der Waals surface area contributed by atoms with E-state index in [0.717, 1.165) is 21.3 Å². The second kappa shape index (κ2) is 6.74. The average Bonchev–Trinajstić information content (AvgIpc) is 3.09. The minimum absolute atomic E-state index is 0.0376. The molecule has 0 radical (unpaired) electrons. The zero-order valence-corrected chi connectivity index (χ0v) is 14.9. The highest BCUT2D eigenvalue weighted by Gasteiger charge is 2.14. The zero-order chi connectivity index (χ0) is 18.1. The van der Waals surface area contributed by atoms with Crippen molar-refractivity contribution in [1.29, 1.82) is 0 Å². The molecule has 0 amide bonds. The topological polar surface area (TPSA) is 75.1 Å². The molecule has 0 unspecified atom stereocenters. The first-order chi connectivity index (χ1) is 12.6. The summed E-state index contributed by atoms with van der Waals surface area (Å²) in [5, 5.41) is 15.6. The van der Waals surface area contributed by atoms with Crippen molar-refractivity contribution in [3.63, 3.8) is 0 Å². The van der Waals surface area contributed by atoms with Crippen LogP contribution in [0.15, 0.2) is 60.2 Å². The molecule has 5 nitrogen and oxygen atoms in total. The molecule has 2 heterocycles. The lowest BCUT2D eigenvalue weighted by molar-refractivity contribution is 0.0697. The van der Waals surface area contributed by atoms with Crippen molar-refractivity contribution >= 4 is 50.6 Å². The van der Waals surface area contributed by atoms with Gasteiger partial charge in [-0.05, 0) is 23.8 Å². The van der Waals surface area contributed by atoms with Gasteiger partial charge in [-0.25, -0.2) is 14.8 Å².